The second-order valence-electron chi connectivity index (χ2n) is 6.81. The van der Waals surface area contributed by atoms with Crippen molar-refractivity contribution in [2.24, 2.45) is 5.92 Å². The van der Waals surface area contributed by atoms with Crippen LogP contribution in [0, 0.1) is 5.92 Å². The van der Waals surface area contributed by atoms with Crippen molar-refractivity contribution in [3.63, 3.8) is 0 Å². The van der Waals surface area contributed by atoms with Crippen molar-refractivity contribution in [1.82, 2.24) is 15.1 Å². The minimum Gasteiger partial charge on any atom is -0.459 e. The first kappa shape index (κ1) is 17.8. The van der Waals surface area contributed by atoms with E-state index in [4.69, 9.17) is 9.15 Å². The third-order valence-corrected chi connectivity index (χ3v) is 4.49. The van der Waals surface area contributed by atoms with Crippen LogP contribution in [0.2, 0.25) is 0 Å². The molecule has 0 spiro atoms. The molecule has 1 unspecified atom stereocenters. The van der Waals surface area contributed by atoms with Crippen LogP contribution in [0.5, 0.6) is 0 Å². The van der Waals surface area contributed by atoms with E-state index in [0.717, 1.165) is 49.6 Å². The third-order valence-electron chi connectivity index (χ3n) is 4.49. The summed E-state index contributed by atoms with van der Waals surface area (Å²) in [5.41, 5.74) is 0.852. The van der Waals surface area contributed by atoms with Gasteiger partial charge in [-0.25, -0.2) is 4.79 Å². The van der Waals surface area contributed by atoms with Crippen LogP contribution in [-0.2, 0) is 11.3 Å². The lowest BCUT2D eigenvalue weighted by atomic mass is 10.1. The largest absolute Gasteiger partial charge is 0.459 e. The number of nitrogens with one attached hydrogen (secondary N) is 1. The number of carbonyl (C=O) groups is 1. The molecule has 1 aliphatic rings. The highest BCUT2D eigenvalue weighted by atomic mass is 16.5. The summed E-state index contributed by atoms with van der Waals surface area (Å²) in [6.07, 6.45) is 0. The number of nitrogens with zero attached hydrogens (tertiary/aromatic N) is 2. The number of ether oxygens (including phenoxy) is 1. The maximum Gasteiger partial charge on any atom is 0.317 e. The van der Waals surface area contributed by atoms with E-state index in [1.807, 2.05) is 30.3 Å². The molecular weight excluding hydrogens is 318 g/mol. The fourth-order valence-electron chi connectivity index (χ4n) is 3.11. The molecule has 1 atom stereocenters. The molecule has 0 saturated carbocycles. The number of amides is 2. The van der Waals surface area contributed by atoms with Gasteiger partial charge in [0, 0.05) is 38.6 Å². The summed E-state index contributed by atoms with van der Waals surface area (Å²) in [5, 5.41) is 4.07. The van der Waals surface area contributed by atoms with Gasteiger partial charge in [0.1, 0.15) is 11.3 Å². The summed E-state index contributed by atoms with van der Waals surface area (Å²) in [6.45, 7) is 7.83. The number of benzene rings is 1. The molecule has 1 aromatic heterocycles. The molecule has 3 rings (SSSR count). The van der Waals surface area contributed by atoms with E-state index in [1.54, 1.807) is 11.9 Å². The Balaban J connectivity index is 1.43. The van der Waals surface area contributed by atoms with Crippen LogP contribution < -0.4 is 5.32 Å². The average molecular weight is 345 g/mol. The van der Waals surface area contributed by atoms with Gasteiger partial charge in [-0.1, -0.05) is 25.1 Å². The molecule has 1 saturated heterocycles. The van der Waals surface area contributed by atoms with E-state index in [2.05, 4.69) is 17.1 Å². The summed E-state index contributed by atoms with van der Waals surface area (Å²) < 4.78 is 11.1. The van der Waals surface area contributed by atoms with Crippen molar-refractivity contribution in [3.8, 4) is 0 Å². The summed E-state index contributed by atoms with van der Waals surface area (Å²) in [7, 11) is 1.79. The molecule has 1 aromatic carbocycles. The van der Waals surface area contributed by atoms with E-state index in [-0.39, 0.29) is 6.03 Å². The van der Waals surface area contributed by atoms with Crippen LogP contribution in [-0.4, -0.2) is 62.3 Å². The standard InChI is InChI=1S/C19H27N3O3/c1-15(13-22-7-9-24-10-8-22)12-20-19(23)21(2)14-17-11-16-5-3-4-6-18(16)25-17/h3-6,11,15H,7-10,12-14H2,1-2H3,(H,20,23). The van der Waals surface area contributed by atoms with E-state index >= 15 is 0 Å². The normalized spacial score (nSPS) is 16.7. The van der Waals surface area contributed by atoms with Gasteiger partial charge < -0.3 is 19.4 Å². The van der Waals surface area contributed by atoms with Crippen molar-refractivity contribution in [2.75, 3.05) is 46.4 Å². The van der Waals surface area contributed by atoms with Crippen molar-refractivity contribution < 1.29 is 13.9 Å². The Labute approximate surface area is 148 Å². The van der Waals surface area contributed by atoms with Gasteiger partial charge >= 0.3 is 6.03 Å². The molecule has 2 heterocycles. The average Bonchev–Trinajstić information content (AvgIpc) is 3.02. The van der Waals surface area contributed by atoms with Gasteiger partial charge in [-0.2, -0.15) is 0 Å². The predicted molar refractivity (Wildman–Crippen MR) is 97.5 cm³/mol. The van der Waals surface area contributed by atoms with Crippen LogP contribution in [0.25, 0.3) is 11.0 Å². The highest BCUT2D eigenvalue weighted by Gasteiger charge is 2.16. The fraction of sp³-hybridized carbons (Fsp3) is 0.526. The van der Waals surface area contributed by atoms with Gasteiger partial charge in [0.25, 0.3) is 0 Å². The highest BCUT2D eigenvalue weighted by molar-refractivity contribution is 5.78. The number of fused-ring (bicyclic) bond motifs is 1. The van der Waals surface area contributed by atoms with Crippen molar-refractivity contribution in [2.45, 2.75) is 13.5 Å². The second kappa shape index (κ2) is 8.36. The predicted octanol–water partition coefficient (Wildman–Crippen LogP) is 2.54. The monoisotopic (exact) mass is 345 g/mol. The zero-order valence-corrected chi connectivity index (χ0v) is 15.0. The van der Waals surface area contributed by atoms with Gasteiger partial charge in [0.05, 0.1) is 19.8 Å². The van der Waals surface area contributed by atoms with Crippen LogP contribution >= 0.6 is 0 Å². The number of furan rings is 1. The van der Waals surface area contributed by atoms with Gasteiger partial charge in [-0.05, 0) is 18.1 Å². The van der Waals surface area contributed by atoms with Crippen molar-refractivity contribution in [1.29, 1.82) is 0 Å². The minimum atomic E-state index is -0.0747. The number of hydrogen-bond donors (Lipinski definition) is 1. The van der Waals surface area contributed by atoms with Crippen LogP contribution in [0.3, 0.4) is 0 Å². The van der Waals surface area contributed by atoms with E-state index in [1.165, 1.54) is 0 Å². The Morgan fingerprint density at radius 2 is 2.08 bits per heavy atom. The lowest BCUT2D eigenvalue weighted by molar-refractivity contribution is 0.0319. The highest BCUT2D eigenvalue weighted by Crippen LogP contribution is 2.19. The number of hydrogen-bond acceptors (Lipinski definition) is 4. The van der Waals surface area contributed by atoms with Gasteiger partial charge in [-0.15, -0.1) is 0 Å². The Morgan fingerprint density at radius 1 is 1.32 bits per heavy atom. The first-order valence-corrected chi connectivity index (χ1v) is 8.88. The molecule has 0 radical (unpaired) electrons. The Bertz CT molecular complexity index is 661. The molecular formula is C19H27N3O3. The molecule has 2 aromatic rings. The summed E-state index contributed by atoms with van der Waals surface area (Å²) in [5.74, 6) is 1.20. The first-order chi connectivity index (χ1) is 12.1. The SMILES string of the molecule is CC(CNC(=O)N(C)Cc1cc2ccccc2o1)CN1CCOCC1. The number of morpholine rings is 1. The second-order valence-corrected chi connectivity index (χ2v) is 6.81. The number of para-hydroxylation sites is 1. The molecule has 2 amide bonds. The maximum absolute atomic E-state index is 12.3. The van der Waals surface area contributed by atoms with Crippen molar-refractivity contribution in [3.05, 3.63) is 36.1 Å². The molecule has 6 heteroatoms. The molecule has 1 N–H and O–H groups in total. The molecule has 1 fully saturated rings. The van der Waals surface area contributed by atoms with Gasteiger partial charge in [0.15, 0.2) is 0 Å². The van der Waals surface area contributed by atoms with Crippen molar-refractivity contribution >= 4 is 17.0 Å². The quantitative estimate of drug-likeness (QED) is 0.874. The molecule has 25 heavy (non-hydrogen) atoms. The number of carbonyl (C=O) groups excluding carboxylic acids is 1. The Kier molecular flexibility index (Phi) is 5.94. The summed E-state index contributed by atoms with van der Waals surface area (Å²) in [6, 6.07) is 9.78. The van der Waals surface area contributed by atoms with E-state index in [0.29, 0.717) is 19.0 Å². The molecule has 136 valence electrons. The topological polar surface area (TPSA) is 58.0 Å². The molecule has 6 nitrogen and oxygen atoms in total. The fourth-order valence-corrected chi connectivity index (χ4v) is 3.11. The van der Waals surface area contributed by atoms with Gasteiger partial charge in [-0.3, -0.25) is 4.90 Å². The molecule has 1 aliphatic heterocycles. The summed E-state index contributed by atoms with van der Waals surface area (Å²) >= 11 is 0. The van der Waals surface area contributed by atoms with Crippen LogP contribution in [0.1, 0.15) is 12.7 Å². The maximum atomic E-state index is 12.3. The Hall–Kier alpha value is -2.05. The molecule has 0 aliphatic carbocycles. The van der Waals surface area contributed by atoms with E-state index < -0.39 is 0 Å². The van der Waals surface area contributed by atoms with Gasteiger partial charge in [0.2, 0.25) is 0 Å². The number of rotatable bonds is 6. The lowest BCUT2D eigenvalue weighted by Gasteiger charge is -2.29. The number of urea groups is 1. The first-order valence-electron chi connectivity index (χ1n) is 8.88. The smallest absolute Gasteiger partial charge is 0.317 e. The zero-order chi connectivity index (χ0) is 17.6. The zero-order valence-electron chi connectivity index (χ0n) is 15.0. The third kappa shape index (κ3) is 4.96. The Morgan fingerprint density at radius 3 is 2.84 bits per heavy atom. The molecule has 0 bridgehead atoms. The summed E-state index contributed by atoms with van der Waals surface area (Å²) in [4.78, 5) is 16.3. The van der Waals surface area contributed by atoms with E-state index in [9.17, 15) is 4.79 Å². The minimum absolute atomic E-state index is 0.0747. The van der Waals surface area contributed by atoms with Crippen LogP contribution in [0.15, 0.2) is 34.7 Å². The van der Waals surface area contributed by atoms with Crippen LogP contribution in [0.4, 0.5) is 4.79 Å². The lowest BCUT2D eigenvalue weighted by Crippen LogP contribution is -2.43.